The summed E-state index contributed by atoms with van der Waals surface area (Å²) >= 11 is 1.18. The average molecular weight is 544 g/mol. The van der Waals surface area contributed by atoms with E-state index in [0.717, 1.165) is 17.6 Å². The molecule has 2 aromatic carbocycles. The summed E-state index contributed by atoms with van der Waals surface area (Å²) < 4.78 is 1.70. The number of fused-ring (bicyclic) bond motifs is 2. The van der Waals surface area contributed by atoms with Crippen molar-refractivity contribution in [3.63, 3.8) is 0 Å². The van der Waals surface area contributed by atoms with Crippen molar-refractivity contribution < 1.29 is 14.8 Å². The molecule has 0 aliphatic heterocycles. The van der Waals surface area contributed by atoms with Crippen LogP contribution in [0.25, 0.3) is 22.6 Å². The van der Waals surface area contributed by atoms with E-state index in [-0.39, 0.29) is 17.0 Å². The van der Waals surface area contributed by atoms with E-state index >= 15 is 0 Å². The molecule has 10 heteroatoms. The summed E-state index contributed by atoms with van der Waals surface area (Å²) in [7, 11) is 1.78. The Kier molecular flexibility index (Phi) is 6.98. The minimum absolute atomic E-state index is 0.0310. The molecule has 2 heterocycles. The summed E-state index contributed by atoms with van der Waals surface area (Å²) in [6.07, 6.45) is 5.71. The number of hydrogen-bond acceptors (Lipinski definition) is 7. The number of rotatable bonds is 7. The van der Waals surface area contributed by atoms with Gasteiger partial charge in [0.1, 0.15) is 6.33 Å². The lowest BCUT2D eigenvalue weighted by molar-refractivity contribution is -0.387. The maximum absolute atomic E-state index is 12.6. The Morgan fingerprint density at radius 3 is 2.69 bits per heavy atom. The predicted molar refractivity (Wildman–Crippen MR) is 151 cm³/mol. The van der Waals surface area contributed by atoms with Crippen molar-refractivity contribution in [1.82, 2.24) is 19.7 Å². The Bertz CT molecular complexity index is 1640. The van der Waals surface area contributed by atoms with Gasteiger partial charge in [-0.2, -0.15) is 0 Å². The van der Waals surface area contributed by atoms with Crippen molar-refractivity contribution in [2.75, 3.05) is 0 Å². The molecule has 1 unspecified atom stereocenters. The first kappa shape index (κ1) is 26.6. The van der Waals surface area contributed by atoms with E-state index in [0.29, 0.717) is 50.6 Å². The van der Waals surface area contributed by atoms with Crippen molar-refractivity contribution in [2.45, 2.75) is 50.1 Å². The largest absolute Gasteiger partial charge is 0.478 e. The highest BCUT2D eigenvalue weighted by Crippen LogP contribution is 2.46. The number of pyridine rings is 1. The number of nitro benzene ring substituents is 1. The van der Waals surface area contributed by atoms with Gasteiger partial charge in [-0.15, -0.1) is 10.2 Å². The van der Waals surface area contributed by atoms with Crippen molar-refractivity contribution in [1.29, 1.82) is 0 Å². The van der Waals surface area contributed by atoms with E-state index in [1.165, 1.54) is 11.8 Å². The summed E-state index contributed by atoms with van der Waals surface area (Å²) in [5, 5.41) is 31.3. The smallest absolute Gasteiger partial charge is 0.336 e. The molecule has 1 N–H and O–H groups in total. The fourth-order valence-corrected chi connectivity index (χ4v) is 5.98. The van der Waals surface area contributed by atoms with Crippen LogP contribution >= 0.6 is 11.8 Å². The Balaban J connectivity index is 1.67. The van der Waals surface area contributed by atoms with Crippen LogP contribution in [0.3, 0.4) is 0 Å². The number of aryl methyl sites for hydroxylation is 1. The van der Waals surface area contributed by atoms with Crippen LogP contribution in [-0.2, 0) is 13.5 Å². The molecule has 5 rings (SSSR count). The Hall–Kier alpha value is -4.05. The molecule has 0 radical (unpaired) electrons. The van der Waals surface area contributed by atoms with E-state index in [2.05, 4.69) is 31.0 Å². The molecule has 0 amide bonds. The van der Waals surface area contributed by atoms with Gasteiger partial charge in [0.25, 0.3) is 5.69 Å². The topological polar surface area (TPSA) is 124 Å². The van der Waals surface area contributed by atoms with Crippen LogP contribution in [0.4, 0.5) is 5.69 Å². The lowest BCUT2D eigenvalue weighted by atomic mass is 9.67. The van der Waals surface area contributed by atoms with Gasteiger partial charge in [0.05, 0.1) is 26.6 Å². The van der Waals surface area contributed by atoms with Gasteiger partial charge in [0.15, 0.2) is 5.16 Å². The first-order chi connectivity index (χ1) is 18.6. The van der Waals surface area contributed by atoms with Gasteiger partial charge in [-0.05, 0) is 70.8 Å². The molecular weight excluding hydrogens is 514 g/mol. The predicted octanol–water partition coefficient (Wildman–Crippen LogP) is 6.66. The van der Waals surface area contributed by atoms with Crippen LogP contribution in [0.15, 0.2) is 58.8 Å². The van der Waals surface area contributed by atoms with Crippen LogP contribution in [-0.4, -0.2) is 35.7 Å². The first-order valence-electron chi connectivity index (χ1n) is 12.7. The van der Waals surface area contributed by atoms with E-state index in [9.17, 15) is 20.0 Å². The molecule has 0 spiro atoms. The second-order valence-corrected chi connectivity index (χ2v) is 11.6. The third-order valence-corrected chi connectivity index (χ3v) is 8.95. The Morgan fingerprint density at radius 1 is 1.26 bits per heavy atom. The second kappa shape index (κ2) is 10.3. The van der Waals surface area contributed by atoms with Gasteiger partial charge in [-0.3, -0.25) is 10.1 Å². The molecular formula is C29H29N5O4S. The number of para-hydroxylation sites is 1. The number of nitrogens with zero attached hydrogens (tertiary/aromatic N) is 5. The van der Waals surface area contributed by atoms with Gasteiger partial charge < -0.3 is 9.67 Å². The van der Waals surface area contributed by atoms with Crippen molar-refractivity contribution in [3.05, 3.63) is 81.3 Å². The summed E-state index contributed by atoms with van der Waals surface area (Å²) in [5.41, 5.74) is 3.78. The monoisotopic (exact) mass is 543 g/mol. The number of nitro groups is 1. The molecule has 2 aromatic heterocycles. The van der Waals surface area contributed by atoms with Gasteiger partial charge >= 0.3 is 5.97 Å². The normalized spacial score (nSPS) is 16.4. The van der Waals surface area contributed by atoms with Gasteiger partial charge in [-0.1, -0.05) is 51.5 Å². The third kappa shape index (κ3) is 5.04. The van der Waals surface area contributed by atoms with Crippen LogP contribution in [0.5, 0.6) is 0 Å². The number of carbonyl (C=O) groups is 1. The third-order valence-electron chi connectivity index (χ3n) is 7.84. The lowest BCUT2D eigenvalue weighted by Crippen LogP contribution is -2.30. The van der Waals surface area contributed by atoms with Crippen LogP contribution in [0.2, 0.25) is 0 Å². The molecule has 0 fully saturated rings. The van der Waals surface area contributed by atoms with Gasteiger partial charge in [-0.25, -0.2) is 9.78 Å². The average Bonchev–Trinajstić information content (AvgIpc) is 3.31. The summed E-state index contributed by atoms with van der Waals surface area (Å²) in [6.45, 7) is 6.56. The maximum Gasteiger partial charge on any atom is 0.336 e. The Morgan fingerprint density at radius 2 is 2.03 bits per heavy atom. The zero-order valence-electron chi connectivity index (χ0n) is 22.2. The van der Waals surface area contributed by atoms with Crippen LogP contribution in [0, 0.1) is 21.4 Å². The molecule has 9 nitrogen and oxygen atoms in total. The number of benzene rings is 2. The lowest BCUT2D eigenvalue weighted by Gasteiger charge is -2.38. The molecule has 1 aliphatic carbocycles. The molecule has 0 bridgehead atoms. The maximum atomic E-state index is 12.6. The van der Waals surface area contributed by atoms with Gasteiger partial charge in [0, 0.05) is 18.5 Å². The number of allylic oxidation sites excluding steroid dienone is 1. The molecule has 0 saturated carbocycles. The summed E-state index contributed by atoms with van der Waals surface area (Å²) in [5.74, 6) is -0.789. The molecule has 1 aliphatic rings. The van der Waals surface area contributed by atoms with E-state index < -0.39 is 10.9 Å². The number of carboxylic acid groups (broad SMARTS) is 1. The second-order valence-electron chi connectivity index (χ2n) is 10.6. The number of carboxylic acids is 1. The quantitative estimate of drug-likeness (QED) is 0.203. The van der Waals surface area contributed by atoms with Crippen molar-refractivity contribution >= 4 is 46.0 Å². The van der Waals surface area contributed by atoms with Crippen molar-refractivity contribution in [2.24, 2.45) is 18.4 Å². The molecule has 1 atom stereocenters. The number of hydrogen-bond donors (Lipinski definition) is 1. The fourth-order valence-electron chi connectivity index (χ4n) is 5.13. The highest BCUT2D eigenvalue weighted by molar-refractivity contribution is 7.99. The summed E-state index contributed by atoms with van der Waals surface area (Å²) in [4.78, 5) is 29.6. The zero-order valence-corrected chi connectivity index (χ0v) is 23.0. The highest BCUT2D eigenvalue weighted by atomic mass is 32.2. The SMILES string of the molecule is CCC(C)(C)C1C/C(=C/c2ccc(Sc3nncn3C)c([N+](=O)[O-])c2)c2nc3ccccc3c(C(=O)O)c2C1. The van der Waals surface area contributed by atoms with E-state index in [4.69, 9.17) is 4.98 Å². The van der Waals surface area contributed by atoms with E-state index in [1.54, 1.807) is 36.1 Å². The first-order valence-corrected chi connectivity index (χ1v) is 13.6. The number of aromatic nitrogens is 4. The zero-order chi connectivity index (χ0) is 27.9. The molecule has 0 saturated heterocycles. The minimum Gasteiger partial charge on any atom is -0.478 e. The minimum atomic E-state index is -0.972. The van der Waals surface area contributed by atoms with Crippen molar-refractivity contribution in [3.8, 4) is 0 Å². The Labute approximate surface area is 230 Å². The molecule has 4 aromatic rings. The van der Waals surface area contributed by atoms with E-state index in [1.807, 2.05) is 30.3 Å². The molecule has 39 heavy (non-hydrogen) atoms. The summed E-state index contributed by atoms with van der Waals surface area (Å²) in [6, 6.07) is 12.4. The van der Waals surface area contributed by atoms with Crippen LogP contribution in [0.1, 0.15) is 60.8 Å². The van der Waals surface area contributed by atoms with Crippen LogP contribution < -0.4 is 0 Å². The van der Waals surface area contributed by atoms with Gasteiger partial charge in [0.2, 0.25) is 0 Å². The highest BCUT2D eigenvalue weighted by Gasteiger charge is 2.36. The fraction of sp³-hybridized carbons (Fsp3) is 0.310. The molecule has 200 valence electrons. The number of aromatic carboxylic acids is 1. The standard InChI is InChI=1S/C29H29N5O4S/c1-5-29(2,3)19-14-18(26-21(15-19)25(27(35)36)20-8-6-7-9-22(20)31-26)12-17-10-11-24(23(13-17)34(37)38)39-28-32-30-16-33(28)4/h6-13,16,19H,5,14-15H2,1-4H3,(H,35,36)/b18-12-.